The van der Waals surface area contributed by atoms with E-state index in [0.717, 1.165) is 29.1 Å². The Hall–Kier alpha value is -1.13. The first kappa shape index (κ1) is 15.3. The summed E-state index contributed by atoms with van der Waals surface area (Å²) in [4.78, 5) is 6.98. The van der Waals surface area contributed by atoms with Crippen molar-refractivity contribution in [2.75, 3.05) is 20.7 Å². The zero-order valence-electron chi connectivity index (χ0n) is 13.4. The third-order valence-electron chi connectivity index (χ3n) is 4.52. The van der Waals surface area contributed by atoms with E-state index in [1.54, 1.807) is 7.11 Å². The van der Waals surface area contributed by atoms with Gasteiger partial charge in [-0.3, -0.25) is 4.98 Å². The van der Waals surface area contributed by atoms with Crippen LogP contribution in [0.15, 0.2) is 6.20 Å². The Morgan fingerprint density at radius 1 is 1.45 bits per heavy atom. The summed E-state index contributed by atoms with van der Waals surface area (Å²) < 4.78 is 5.46. The number of pyridine rings is 1. The van der Waals surface area contributed by atoms with E-state index in [4.69, 9.17) is 4.74 Å². The van der Waals surface area contributed by atoms with Crippen LogP contribution in [-0.2, 0) is 6.54 Å². The SMILES string of the molecule is COc1c(C)cnc(CNC2CCN(C)C(C)C2)c1C. The van der Waals surface area contributed by atoms with Gasteiger partial charge in [0.25, 0.3) is 0 Å². The van der Waals surface area contributed by atoms with Crippen molar-refractivity contribution in [1.29, 1.82) is 0 Å². The minimum Gasteiger partial charge on any atom is -0.496 e. The smallest absolute Gasteiger partial charge is 0.128 e. The van der Waals surface area contributed by atoms with E-state index in [9.17, 15) is 0 Å². The molecule has 1 aromatic rings. The zero-order chi connectivity index (χ0) is 14.7. The van der Waals surface area contributed by atoms with Crippen molar-refractivity contribution in [3.8, 4) is 5.75 Å². The summed E-state index contributed by atoms with van der Waals surface area (Å²) >= 11 is 0. The number of hydrogen-bond donors (Lipinski definition) is 1. The molecule has 0 saturated carbocycles. The molecule has 0 amide bonds. The van der Waals surface area contributed by atoms with Gasteiger partial charge >= 0.3 is 0 Å². The molecule has 1 aromatic heterocycles. The highest BCUT2D eigenvalue weighted by molar-refractivity contribution is 5.40. The van der Waals surface area contributed by atoms with Crippen molar-refractivity contribution in [3.63, 3.8) is 0 Å². The molecule has 2 atom stereocenters. The molecule has 0 aromatic carbocycles. The van der Waals surface area contributed by atoms with Crippen molar-refractivity contribution >= 4 is 0 Å². The third kappa shape index (κ3) is 3.30. The highest BCUT2D eigenvalue weighted by atomic mass is 16.5. The first-order chi connectivity index (χ1) is 9.52. The van der Waals surface area contributed by atoms with Crippen LogP contribution in [0.3, 0.4) is 0 Å². The molecule has 4 heteroatoms. The van der Waals surface area contributed by atoms with Crippen LogP contribution in [0, 0.1) is 13.8 Å². The van der Waals surface area contributed by atoms with Crippen LogP contribution in [-0.4, -0.2) is 42.7 Å². The molecule has 2 heterocycles. The second-order valence-electron chi connectivity index (χ2n) is 5.98. The fourth-order valence-electron chi connectivity index (χ4n) is 2.97. The fraction of sp³-hybridized carbons (Fsp3) is 0.688. The average Bonchev–Trinajstić information content (AvgIpc) is 2.42. The quantitative estimate of drug-likeness (QED) is 0.916. The molecular weight excluding hydrogens is 250 g/mol. The predicted molar refractivity (Wildman–Crippen MR) is 82.2 cm³/mol. The van der Waals surface area contributed by atoms with E-state index in [0.29, 0.717) is 12.1 Å². The summed E-state index contributed by atoms with van der Waals surface area (Å²) in [5, 5.41) is 3.66. The summed E-state index contributed by atoms with van der Waals surface area (Å²) in [5.74, 6) is 0.966. The molecule has 2 unspecified atom stereocenters. The highest BCUT2D eigenvalue weighted by Gasteiger charge is 2.22. The summed E-state index contributed by atoms with van der Waals surface area (Å²) in [6.45, 7) is 8.42. The zero-order valence-corrected chi connectivity index (χ0v) is 13.4. The number of hydrogen-bond acceptors (Lipinski definition) is 4. The number of likely N-dealkylation sites (tertiary alicyclic amines) is 1. The Labute approximate surface area is 122 Å². The molecule has 1 saturated heterocycles. The lowest BCUT2D eigenvalue weighted by atomic mass is 9.99. The van der Waals surface area contributed by atoms with Gasteiger partial charge in [0.1, 0.15) is 5.75 Å². The molecule has 4 nitrogen and oxygen atoms in total. The van der Waals surface area contributed by atoms with Gasteiger partial charge in [-0.25, -0.2) is 0 Å². The van der Waals surface area contributed by atoms with Crippen LogP contribution in [0.1, 0.15) is 36.6 Å². The standard InChI is InChI=1S/C16H27N3O/c1-11-9-18-15(13(3)16(11)20-5)10-17-14-6-7-19(4)12(2)8-14/h9,12,14,17H,6-8,10H2,1-5H3. The molecule has 1 aliphatic heterocycles. The maximum absolute atomic E-state index is 5.46. The minimum atomic E-state index is 0.592. The van der Waals surface area contributed by atoms with Crippen LogP contribution in [0.4, 0.5) is 0 Å². The van der Waals surface area contributed by atoms with Crippen LogP contribution in [0.2, 0.25) is 0 Å². The van der Waals surface area contributed by atoms with Gasteiger partial charge in [-0.05, 0) is 47.2 Å². The molecule has 0 spiro atoms. The topological polar surface area (TPSA) is 37.4 Å². The van der Waals surface area contributed by atoms with Gasteiger partial charge in [0.05, 0.1) is 12.8 Å². The normalized spacial score (nSPS) is 23.9. The molecule has 1 N–H and O–H groups in total. The number of aryl methyl sites for hydroxylation is 1. The lowest BCUT2D eigenvalue weighted by Crippen LogP contribution is -2.45. The van der Waals surface area contributed by atoms with Gasteiger partial charge in [-0.2, -0.15) is 0 Å². The molecule has 20 heavy (non-hydrogen) atoms. The Morgan fingerprint density at radius 2 is 2.20 bits per heavy atom. The molecule has 112 valence electrons. The highest BCUT2D eigenvalue weighted by Crippen LogP contribution is 2.24. The minimum absolute atomic E-state index is 0.592. The molecule has 0 aliphatic carbocycles. The van der Waals surface area contributed by atoms with Gasteiger partial charge in [0.15, 0.2) is 0 Å². The number of aromatic nitrogens is 1. The van der Waals surface area contributed by atoms with Crippen LogP contribution >= 0.6 is 0 Å². The Kier molecular flexibility index (Phi) is 5.00. The van der Waals surface area contributed by atoms with Gasteiger partial charge < -0.3 is 15.0 Å². The molecule has 0 bridgehead atoms. The molecule has 2 rings (SSSR count). The number of rotatable bonds is 4. The van der Waals surface area contributed by atoms with Crippen molar-refractivity contribution in [2.45, 2.75) is 52.2 Å². The van der Waals surface area contributed by atoms with Gasteiger partial charge in [0, 0.05) is 36.0 Å². The third-order valence-corrected chi connectivity index (χ3v) is 4.52. The number of ether oxygens (including phenoxy) is 1. The lowest BCUT2D eigenvalue weighted by molar-refractivity contribution is 0.168. The molecule has 0 radical (unpaired) electrons. The van der Waals surface area contributed by atoms with Crippen molar-refractivity contribution in [3.05, 3.63) is 23.0 Å². The van der Waals surface area contributed by atoms with E-state index in [2.05, 4.69) is 36.1 Å². The first-order valence-electron chi connectivity index (χ1n) is 7.45. The predicted octanol–water partition coefficient (Wildman–Crippen LogP) is 2.28. The largest absolute Gasteiger partial charge is 0.496 e. The number of piperidine rings is 1. The first-order valence-corrected chi connectivity index (χ1v) is 7.45. The van der Waals surface area contributed by atoms with Crippen LogP contribution in [0.25, 0.3) is 0 Å². The Balaban J connectivity index is 1.98. The van der Waals surface area contributed by atoms with E-state index in [1.807, 2.05) is 13.1 Å². The summed E-state index contributed by atoms with van der Waals surface area (Å²) in [7, 11) is 3.93. The summed E-state index contributed by atoms with van der Waals surface area (Å²) in [6.07, 6.45) is 4.32. The fourth-order valence-corrected chi connectivity index (χ4v) is 2.97. The van der Waals surface area contributed by atoms with E-state index in [-0.39, 0.29) is 0 Å². The van der Waals surface area contributed by atoms with Gasteiger partial charge in [-0.1, -0.05) is 0 Å². The lowest BCUT2D eigenvalue weighted by Gasteiger charge is -2.35. The summed E-state index contributed by atoms with van der Waals surface area (Å²) in [5.41, 5.74) is 3.35. The average molecular weight is 277 g/mol. The van der Waals surface area contributed by atoms with Crippen LogP contribution < -0.4 is 10.1 Å². The number of nitrogens with zero attached hydrogens (tertiary/aromatic N) is 2. The van der Waals surface area contributed by atoms with Gasteiger partial charge in [0.2, 0.25) is 0 Å². The monoisotopic (exact) mass is 277 g/mol. The van der Waals surface area contributed by atoms with E-state index in [1.165, 1.54) is 19.4 Å². The maximum Gasteiger partial charge on any atom is 0.128 e. The van der Waals surface area contributed by atoms with Gasteiger partial charge in [-0.15, -0.1) is 0 Å². The Bertz CT molecular complexity index is 461. The van der Waals surface area contributed by atoms with Crippen LogP contribution in [0.5, 0.6) is 5.75 Å². The maximum atomic E-state index is 5.46. The number of nitrogens with one attached hydrogen (secondary N) is 1. The van der Waals surface area contributed by atoms with E-state index >= 15 is 0 Å². The van der Waals surface area contributed by atoms with Crippen molar-refractivity contribution < 1.29 is 4.74 Å². The summed E-state index contributed by atoms with van der Waals surface area (Å²) in [6, 6.07) is 1.25. The Morgan fingerprint density at radius 3 is 2.85 bits per heavy atom. The number of methoxy groups -OCH3 is 1. The van der Waals surface area contributed by atoms with E-state index < -0.39 is 0 Å². The second kappa shape index (κ2) is 6.55. The van der Waals surface area contributed by atoms with Crippen molar-refractivity contribution in [1.82, 2.24) is 15.2 Å². The molecule has 1 aliphatic rings. The van der Waals surface area contributed by atoms with Crippen molar-refractivity contribution in [2.24, 2.45) is 0 Å². The molecule has 1 fully saturated rings. The molecular formula is C16H27N3O. The second-order valence-corrected chi connectivity index (χ2v) is 5.98.